The first-order valence-corrected chi connectivity index (χ1v) is 9.24. The van der Waals surface area contributed by atoms with Gasteiger partial charge in [0.25, 0.3) is 5.91 Å². The topological polar surface area (TPSA) is 58.8 Å². The van der Waals surface area contributed by atoms with Crippen LogP contribution in [0.5, 0.6) is 0 Å². The van der Waals surface area contributed by atoms with Crippen LogP contribution in [0, 0.1) is 6.92 Å². The standard InChI is InChI=1S/C20H25N3O3/c1-16-18(4-11-25-16)19(24)23-8-5-20(6-9-23)15-22(10-12-26-20)14-17-3-2-7-21-13-17/h2-4,7,11,13H,5-6,8-10,12,14-15H2,1H3. The van der Waals surface area contributed by atoms with Gasteiger partial charge in [-0.3, -0.25) is 14.7 Å². The smallest absolute Gasteiger partial charge is 0.257 e. The van der Waals surface area contributed by atoms with Crippen LogP contribution in [-0.2, 0) is 11.3 Å². The fourth-order valence-electron chi connectivity index (χ4n) is 4.01. The van der Waals surface area contributed by atoms with Crippen LogP contribution in [-0.4, -0.2) is 59.1 Å². The number of carbonyl (C=O) groups excluding carboxylic acids is 1. The van der Waals surface area contributed by atoms with Crippen LogP contribution < -0.4 is 0 Å². The number of piperidine rings is 1. The van der Waals surface area contributed by atoms with Crippen LogP contribution in [0.1, 0.15) is 34.5 Å². The van der Waals surface area contributed by atoms with Crippen molar-refractivity contribution in [2.75, 3.05) is 32.8 Å². The molecule has 0 unspecified atom stereocenters. The van der Waals surface area contributed by atoms with E-state index in [0.717, 1.165) is 52.2 Å². The Morgan fingerprint density at radius 1 is 1.27 bits per heavy atom. The van der Waals surface area contributed by atoms with Crippen LogP contribution in [0.3, 0.4) is 0 Å². The number of rotatable bonds is 3. The third-order valence-electron chi connectivity index (χ3n) is 5.51. The van der Waals surface area contributed by atoms with Gasteiger partial charge >= 0.3 is 0 Å². The number of morpholine rings is 1. The van der Waals surface area contributed by atoms with Crippen molar-refractivity contribution >= 4 is 5.91 Å². The molecule has 0 aromatic carbocycles. The van der Waals surface area contributed by atoms with Gasteiger partial charge in [-0.05, 0) is 37.5 Å². The van der Waals surface area contributed by atoms with E-state index in [1.165, 1.54) is 5.56 Å². The SMILES string of the molecule is Cc1occc1C(=O)N1CCC2(CC1)CN(Cc1cccnc1)CCO2. The quantitative estimate of drug-likeness (QED) is 0.847. The van der Waals surface area contributed by atoms with Crippen LogP contribution in [0.15, 0.2) is 41.3 Å². The molecule has 0 N–H and O–H groups in total. The van der Waals surface area contributed by atoms with E-state index in [2.05, 4.69) is 16.0 Å². The minimum Gasteiger partial charge on any atom is -0.469 e. The van der Waals surface area contributed by atoms with E-state index in [1.54, 1.807) is 18.5 Å². The molecule has 138 valence electrons. The van der Waals surface area contributed by atoms with E-state index in [4.69, 9.17) is 9.15 Å². The Kier molecular flexibility index (Phi) is 4.78. The molecule has 6 heteroatoms. The van der Waals surface area contributed by atoms with Gasteiger partial charge in [-0.25, -0.2) is 0 Å². The molecule has 0 atom stereocenters. The summed E-state index contributed by atoms with van der Waals surface area (Å²) in [6, 6.07) is 5.85. The van der Waals surface area contributed by atoms with E-state index in [9.17, 15) is 4.79 Å². The summed E-state index contributed by atoms with van der Waals surface area (Å²) >= 11 is 0. The van der Waals surface area contributed by atoms with Crippen molar-refractivity contribution < 1.29 is 13.9 Å². The first-order chi connectivity index (χ1) is 12.7. The Hall–Kier alpha value is -2.18. The lowest BCUT2D eigenvalue weighted by atomic mass is 9.89. The number of likely N-dealkylation sites (tertiary alicyclic amines) is 1. The summed E-state index contributed by atoms with van der Waals surface area (Å²) in [6.07, 6.45) is 7.06. The van der Waals surface area contributed by atoms with Gasteiger partial charge in [-0.1, -0.05) is 6.07 Å². The van der Waals surface area contributed by atoms with E-state index < -0.39 is 0 Å². The highest BCUT2D eigenvalue weighted by molar-refractivity contribution is 5.95. The molecule has 4 rings (SSSR count). The lowest BCUT2D eigenvalue weighted by molar-refractivity contribution is -0.134. The summed E-state index contributed by atoms with van der Waals surface area (Å²) in [5, 5.41) is 0. The first-order valence-electron chi connectivity index (χ1n) is 9.24. The summed E-state index contributed by atoms with van der Waals surface area (Å²) in [6.45, 7) is 6.78. The number of furan rings is 1. The van der Waals surface area contributed by atoms with Crippen molar-refractivity contribution in [3.63, 3.8) is 0 Å². The summed E-state index contributed by atoms with van der Waals surface area (Å²) in [7, 11) is 0. The van der Waals surface area contributed by atoms with Gasteiger partial charge in [0.15, 0.2) is 0 Å². The van der Waals surface area contributed by atoms with Gasteiger partial charge in [0, 0.05) is 45.1 Å². The lowest BCUT2D eigenvalue weighted by Crippen LogP contribution is -2.57. The average molecular weight is 355 g/mol. The van der Waals surface area contributed by atoms with E-state index in [0.29, 0.717) is 11.3 Å². The molecule has 1 spiro atoms. The number of carbonyl (C=O) groups is 1. The minimum absolute atomic E-state index is 0.0640. The summed E-state index contributed by atoms with van der Waals surface area (Å²) in [5.74, 6) is 0.751. The lowest BCUT2D eigenvalue weighted by Gasteiger charge is -2.47. The molecular weight excluding hydrogens is 330 g/mol. The molecule has 2 aliphatic rings. The highest BCUT2D eigenvalue weighted by Gasteiger charge is 2.40. The summed E-state index contributed by atoms with van der Waals surface area (Å²) in [5.41, 5.74) is 1.76. The number of aryl methyl sites for hydroxylation is 1. The first kappa shape index (κ1) is 17.2. The molecule has 2 aromatic rings. The molecule has 2 aliphatic heterocycles. The van der Waals surface area contributed by atoms with Crippen molar-refractivity contribution in [1.82, 2.24) is 14.8 Å². The molecule has 4 heterocycles. The largest absolute Gasteiger partial charge is 0.469 e. The second-order valence-electron chi connectivity index (χ2n) is 7.29. The van der Waals surface area contributed by atoms with Crippen LogP contribution in [0.4, 0.5) is 0 Å². The maximum Gasteiger partial charge on any atom is 0.257 e. The summed E-state index contributed by atoms with van der Waals surface area (Å²) in [4.78, 5) is 21.2. The van der Waals surface area contributed by atoms with E-state index >= 15 is 0 Å². The number of ether oxygens (including phenoxy) is 1. The van der Waals surface area contributed by atoms with Gasteiger partial charge in [-0.2, -0.15) is 0 Å². The minimum atomic E-state index is -0.136. The number of aromatic nitrogens is 1. The molecule has 2 aromatic heterocycles. The molecule has 0 radical (unpaired) electrons. The number of nitrogens with zero attached hydrogens (tertiary/aromatic N) is 3. The van der Waals surface area contributed by atoms with Gasteiger partial charge in [0.2, 0.25) is 0 Å². The molecule has 2 saturated heterocycles. The number of pyridine rings is 1. The Labute approximate surface area is 153 Å². The Morgan fingerprint density at radius 2 is 2.12 bits per heavy atom. The fourth-order valence-corrected chi connectivity index (χ4v) is 4.01. The molecule has 26 heavy (non-hydrogen) atoms. The molecule has 0 bridgehead atoms. The average Bonchev–Trinajstić information content (AvgIpc) is 3.09. The molecule has 1 amide bonds. The van der Waals surface area contributed by atoms with Gasteiger partial charge in [0.1, 0.15) is 5.76 Å². The van der Waals surface area contributed by atoms with E-state index in [1.807, 2.05) is 24.1 Å². The molecule has 0 saturated carbocycles. The number of hydrogen-bond acceptors (Lipinski definition) is 5. The van der Waals surface area contributed by atoms with Crippen molar-refractivity contribution in [1.29, 1.82) is 0 Å². The Bertz CT molecular complexity index is 751. The van der Waals surface area contributed by atoms with Crippen molar-refractivity contribution in [2.45, 2.75) is 31.9 Å². The second kappa shape index (κ2) is 7.21. The van der Waals surface area contributed by atoms with Crippen LogP contribution in [0.2, 0.25) is 0 Å². The Balaban J connectivity index is 1.37. The van der Waals surface area contributed by atoms with Crippen molar-refractivity contribution in [3.8, 4) is 0 Å². The van der Waals surface area contributed by atoms with Crippen molar-refractivity contribution in [2.24, 2.45) is 0 Å². The van der Waals surface area contributed by atoms with Crippen LogP contribution >= 0.6 is 0 Å². The number of amides is 1. The van der Waals surface area contributed by atoms with E-state index in [-0.39, 0.29) is 11.5 Å². The van der Waals surface area contributed by atoms with Gasteiger partial charge in [-0.15, -0.1) is 0 Å². The predicted octanol–water partition coefficient (Wildman–Crippen LogP) is 2.49. The monoisotopic (exact) mass is 355 g/mol. The molecule has 2 fully saturated rings. The highest BCUT2D eigenvalue weighted by Crippen LogP contribution is 2.31. The zero-order valence-electron chi connectivity index (χ0n) is 15.2. The van der Waals surface area contributed by atoms with Gasteiger partial charge < -0.3 is 14.1 Å². The highest BCUT2D eigenvalue weighted by atomic mass is 16.5. The third kappa shape index (κ3) is 3.52. The maximum absolute atomic E-state index is 12.7. The zero-order chi connectivity index (χ0) is 18.0. The van der Waals surface area contributed by atoms with Gasteiger partial charge in [0.05, 0.1) is 24.0 Å². The fraction of sp³-hybridized carbons (Fsp3) is 0.500. The molecule has 0 aliphatic carbocycles. The van der Waals surface area contributed by atoms with Crippen molar-refractivity contribution in [3.05, 3.63) is 53.7 Å². The molecule has 6 nitrogen and oxygen atoms in total. The normalized spacial score (nSPS) is 20.4. The zero-order valence-corrected chi connectivity index (χ0v) is 15.2. The Morgan fingerprint density at radius 3 is 2.81 bits per heavy atom. The summed E-state index contributed by atoms with van der Waals surface area (Å²) < 4.78 is 11.5. The maximum atomic E-state index is 12.7. The third-order valence-corrected chi connectivity index (χ3v) is 5.51. The predicted molar refractivity (Wildman–Crippen MR) is 96.8 cm³/mol. The molecular formula is C20H25N3O3. The van der Waals surface area contributed by atoms with Crippen LogP contribution in [0.25, 0.3) is 0 Å². The number of hydrogen-bond donors (Lipinski definition) is 0. The second-order valence-corrected chi connectivity index (χ2v) is 7.29.